The normalized spacial score (nSPS) is 27.9. The molecule has 2 atom stereocenters. The molecule has 1 fully saturated rings. The Morgan fingerprint density at radius 2 is 1.89 bits per heavy atom. The predicted octanol–water partition coefficient (Wildman–Crippen LogP) is 2.48. The monoisotopic (exact) mass is 246 g/mol. The van der Waals surface area contributed by atoms with Crippen molar-refractivity contribution in [1.29, 1.82) is 0 Å². The summed E-state index contributed by atoms with van der Waals surface area (Å²) in [7, 11) is 1.87. The number of likely N-dealkylation sites (N-methyl/N-ethyl adjacent to an activating group) is 1. The van der Waals surface area contributed by atoms with Gasteiger partial charge >= 0.3 is 0 Å². The molecular formula is C15H22N2O. The lowest BCUT2D eigenvalue weighted by Crippen LogP contribution is -2.42. The number of carbonyl (C=O) groups excluding carboxylic acids is 1. The summed E-state index contributed by atoms with van der Waals surface area (Å²) in [6.07, 6.45) is 1.84. The van der Waals surface area contributed by atoms with Crippen molar-refractivity contribution in [2.24, 2.45) is 0 Å². The van der Waals surface area contributed by atoms with Gasteiger partial charge in [0.1, 0.15) is 6.17 Å². The van der Waals surface area contributed by atoms with E-state index >= 15 is 0 Å². The molecule has 98 valence electrons. The minimum atomic E-state index is -0.428. The molecule has 1 aromatic rings. The fraction of sp³-hybridized carbons (Fsp3) is 0.533. The van der Waals surface area contributed by atoms with Crippen molar-refractivity contribution in [3.05, 3.63) is 35.4 Å². The van der Waals surface area contributed by atoms with E-state index in [1.54, 1.807) is 0 Å². The third kappa shape index (κ3) is 2.03. The maximum atomic E-state index is 12.2. The molecule has 0 aliphatic carbocycles. The van der Waals surface area contributed by atoms with Crippen LogP contribution < -0.4 is 5.32 Å². The van der Waals surface area contributed by atoms with E-state index in [0.29, 0.717) is 0 Å². The highest BCUT2D eigenvalue weighted by molar-refractivity contribution is 5.88. The van der Waals surface area contributed by atoms with Crippen LogP contribution in [0.5, 0.6) is 0 Å². The van der Waals surface area contributed by atoms with E-state index in [1.807, 2.05) is 25.8 Å². The van der Waals surface area contributed by atoms with Crippen LogP contribution in [0.4, 0.5) is 0 Å². The highest BCUT2D eigenvalue weighted by Crippen LogP contribution is 2.31. The lowest BCUT2D eigenvalue weighted by Gasteiger charge is -2.20. The van der Waals surface area contributed by atoms with E-state index in [-0.39, 0.29) is 12.1 Å². The first kappa shape index (κ1) is 13.1. The molecule has 1 aliphatic rings. The molecule has 1 aromatic carbocycles. The van der Waals surface area contributed by atoms with E-state index in [0.717, 1.165) is 18.4 Å². The second-order valence-electron chi connectivity index (χ2n) is 5.24. The summed E-state index contributed by atoms with van der Waals surface area (Å²) in [5.74, 6) is 0.176. The van der Waals surface area contributed by atoms with Crippen LogP contribution in [0.3, 0.4) is 0 Å². The molecular weight excluding hydrogens is 224 g/mol. The van der Waals surface area contributed by atoms with Gasteiger partial charge in [-0.05, 0) is 30.9 Å². The molecule has 1 aliphatic heterocycles. The topological polar surface area (TPSA) is 32.3 Å². The number of amides is 1. The zero-order valence-electron chi connectivity index (χ0n) is 11.7. The Kier molecular flexibility index (Phi) is 3.44. The van der Waals surface area contributed by atoms with Crippen LogP contribution in [0.2, 0.25) is 0 Å². The molecule has 0 aromatic heterocycles. The average Bonchev–Trinajstić information content (AvgIpc) is 2.64. The number of nitrogens with one attached hydrogen (secondary N) is 1. The minimum absolute atomic E-state index is 0.00615. The average molecular weight is 246 g/mol. The number of benzene rings is 1. The Labute approximate surface area is 109 Å². The van der Waals surface area contributed by atoms with Gasteiger partial charge in [0.15, 0.2) is 0 Å². The Morgan fingerprint density at radius 3 is 2.33 bits per heavy atom. The molecule has 0 saturated carbocycles. The lowest BCUT2D eigenvalue weighted by molar-refractivity contribution is -0.131. The molecule has 2 unspecified atom stereocenters. The van der Waals surface area contributed by atoms with Gasteiger partial charge < -0.3 is 4.90 Å². The number of rotatable bonds is 3. The Balaban J connectivity index is 2.26. The van der Waals surface area contributed by atoms with Crippen LogP contribution in [0.15, 0.2) is 24.3 Å². The van der Waals surface area contributed by atoms with Crippen molar-refractivity contribution >= 4 is 5.91 Å². The van der Waals surface area contributed by atoms with Gasteiger partial charge in [0.2, 0.25) is 5.91 Å². The van der Waals surface area contributed by atoms with Gasteiger partial charge in [0.05, 0.1) is 5.54 Å². The molecule has 0 bridgehead atoms. The molecule has 0 radical (unpaired) electrons. The molecule has 1 amide bonds. The first-order valence-corrected chi connectivity index (χ1v) is 6.65. The Morgan fingerprint density at radius 1 is 1.28 bits per heavy atom. The van der Waals surface area contributed by atoms with Crippen LogP contribution in [-0.4, -0.2) is 23.4 Å². The van der Waals surface area contributed by atoms with E-state index in [9.17, 15) is 4.79 Å². The van der Waals surface area contributed by atoms with Crippen LogP contribution in [-0.2, 0) is 11.2 Å². The summed E-state index contributed by atoms with van der Waals surface area (Å²) >= 11 is 0. The summed E-state index contributed by atoms with van der Waals surface area (Å²) < 4.78 is 0. The zero-order valence-corrected chi connectivity index (χ0v) is 11.7. The van der Waals surface area contributed by atoms with Crippen LogP contribution in [0.25, 0.3) is 0 Å². The zero-order chi connectivity index (χ0) is 13.3. The highest BCUT2D eigenvalue weighted by Gasteiger charge is 2.45. The Hall–Kier alpha value is -1.35. The van der Waals surface area contributed by atoms with Crippen LogP contribution in [0, 0.1) is 0 Å². The van der Waals surface area contributed by atoms with Gasteiger partial charge in [0.25, 0.3) is 0 Å². The molecule has 1 N–H and O–H groups in total. The van der Waals surface area contributed by atoms with Crippen molar-refractivity contribution in [3.63, 3.8) is 0 Å². The van der Waals surface area contributed by atoms with Gasteiger partial charge in [-0.1, -0.05) is 38.1 Å². The van der Waals surface area contributed by atoms with E-state index in [2.05, 4.69) is 36.5 Å². The van der Waals surface area contributed by atoms with Crippen molar-refractivity contribution in [3.8, 4) is 0 Å². The van der Waals surface area contributed by atoms with Gasteiger partial charge in [-0.15, -0.1) is 0 Å². The van der Waals surface area contributed by atoms with E-state index < -0.39 is 5.54 Å². The first-order valence-electron chi connectivity index (χ1n) is 6.65. The quantitative estimate of drug-likeness (QED) is 0.888. The highest BCUT2D eigenvalue weighted by atomic mass is 16.2. The number of carbonyl (C=O) groups is 1. The smallest absolute Gasteiger partial charge is 0.243 e. The van der Waals surface area contributed by atoms with Crippen molar-refractivity contribution in [1.82, 2.24) is 10.2 Å². The second-order valence-corrected chi connectivity index (χ2v) is 5.24. The van der Waals surface area contributed by atoms with Gasteiger partial charge in [-0.3, -0.25) is 10.1 Å². The molecule has 1 saturated heterocycles. The summed E-state index contributed by atoms with van der Waals surface area (Å²) in [6, 6.07) is 8.50. The Bertz CT molecular complexity index is 440. The standard InChI is InChI=1S/C15H22N2O/c1-5-11-7-9-12(10-8-11)13-16-15(3,6-2)14(18)17(13)4/h7-10,13,16H,5-6H2,1-4H3. The van der Waals surface area contributed by atoms with Crippen LogP contribution >= 0.6 is 0 Å². The number of nitrogens with zero attached hydrogens (tertiary/aromatic N) is 1. The van der Waals surface area contributed by atoms with Crippen molar-refractivity contribution < 1.29 is 4.79 Å². The SMILES string of the molecule is CCc1ccc(C2NC(C)(CC)C(=O)N2C)cc1. The first-order chi connectivity index (χ1) is 8.51. The maximum absolute atomic E-state index is 12.2. The largest absolute Gasteiger partial charge is 0.324 e. The van der Waals surface area contributed by atoms with E-state index in [1.165, 1.54) is 5.56 Å². The fourth-order valence-electron chi connectivity index (χ4n) is 2.46. The lowest BCUT2D eigenvalue weighted by atomic mass is 9.99. The summed E-state index contributed by atoms with van der Waals surface area (Å²) in [5.41, 5.74) is 2.05. The summed E-state index contributed by atoms with van der Waals surface area (Å²) in [5, 5.41) is 3.45. The third-order valence-electron chi connectivity index (χ3n) is 4.05. The molecule has 1 heterocycles. The van der Waals surface area contributed by atoms with Crippen molar-refractivity contribution in [2.75, 3.05) is 7.05 Å². The third-order valence-corrected chi connectivity index (χ3v) is 4.05. The number of aryl methyl sites for hydroxylation is 1. The summed E-state index contributed by atoms with van der Waals surface area (Å²) in [6.45, 7) is 6.17. The predicted molar refractivity (Wildman–Crippen MR) is 73.2 cm³/mol. The summed E-state index contributed by atoms with van der Waals surface area (Å²) in [4.78, 5) is 14.0. The van der Waals surface area contributed by atoms with Crippen molar-refractivity contribution in [2.45, 2.75) is 45.3 Å². The molecule has 2 rings (SSSR count). The maximum Gasteiger partial charge on any atom is 0.243 e. The molecule has 3 nitrogen and oxygen atoms in total. The number of hydrogen-bond donors (Lipinski definition) is 1. The molecule has 0 spiro atoms. The molecule has 3 heteroatoms. The van der Waals surface area contributed by atoms with Gasteiger partial charge in [-0.25, -0.2) is 0 Å². The molecule has 18 heavy (non-hydrogen) atoms. The van der Waals surface area contributed by atoms with Gasteiger partial charge in [-0.2, -0.15) is 0 Å². The van der Waals surface area contributed by atoms with Crippen LogP contribution in [0.1, 0.15) is 44.5 Å². The second kappa shape index (κ2) is 4.73. The minimum Gasteiger partial charge on any atom is -0.324 e. The van der Waals surface area contributed by atoms with Gasteiger partial charge in [0, 0.05) is 7.05 Å². The fourth-order valence-corrected chi connectivity index (χ4v) is 2.46. The van der Waals surface area contributed by atoms with E-state index in [4.69, 9.17) is 0 Å². The number of hydrogen-bond acceptors (Lipinski definition) is 2.